The minimum Gasteiger partial charge on any atom is -0.307 e. The van der Waals surface area contributed by atoms with Crippen molar-refractivity contribution in [3.05, 3.63) is 65.2 Å². The Morgan fingerprint density at radius 3 is 2.43 bits per heavy atom. The number of carbonyl (C=O) groups is 1. The molecule has 0 bridgehead atoms. The number of aryl methyl sites for hydroxylation is 2. The van der Waals surface area contributed by atoms with E-state index in [1.165, 1.54) is 0 Å². The van der Waals surface area contributed by atoms with Gasteiger partial charge in [-0.05, 0) is 49.2 Å². The van der Waals surface area contributed by atoms with E-state index in [0.29, 0.717) is 18.5 Å². The van der Waals surface area contributed by atoms with Crippen LogP contribution >= 0.6 is 0 Å². The summed E-state index contributed by atoms with van der Waals surface area (Å²) in [5, 5.41) is 8.81. The summed E-state index contributed by atoms with van der Waals surface area (Å²) in [6.45, 7) is 4.41. The first-order chi connectivity index (χ1) is 10.1. The van der Waals surface area contributed by atoms with Crippen LogP contribution < -0.4 is 4.90 Å². The van der Waals surface area contributed by atoms with Crippen LogP contribution in [0.2, 0.25) is 0 Å². The quantitative estimate of drug-likeness (QED) is 0.852. The molecule has 3 heteroatoms. The minimum atomic E-state index is -0.0699. The highest BCUT2D eigenvalue weighted by atomic mass is 16.2. The Kier molecular flexibility index (Phi) is 4.73. The lowest BCUT2D eigenvalue weighted by molar-refractivity contribution is 0.0987. The van der Waals surface area contributed by atoms with Crippen LogP contribution in [0.25, 0.3) is 0 Å². The topological polar surface area (TPSA) is 44.1 Å². The lowest BCUT2D eigenvalue weighted by atomic mass is 10.1. The Labute approximate surface area is 125 Å². The van der Waals surface area contributed by atoms with Crippen LogP contribution in [-0.4, -0.2) is 12.5 Å². The second-order valence-electron chi connectivity index (χ2n) is 5.00. The molecule has 21 heavy (non-hydrogen) atoms. The van der Waals surface area contributed by atoms with Gasteiger partial charge in [-0.25, -0.2) is 0 Å². The van der Waals surface area contributed by atoms with Crippen molar-refractivity contribution in [2.45, 2.75) is 20.3 Å². The van der Waals surface area contributed by atoms with Crippen molar-refractivity contribution in [1.29, 1.82) is 5.26 Å². The van der Waals surface area contributed by atoms with E-state index >= 15 is 0 Å². The zero-order valence-electron chi connectivity index (χ0n) is 12.3. The highest BCUT2D eigenvalue weighted by molar-refractivity contribution is 6.06. The molecule has 0 fully saturated rings. The van der Waals surface area contributed by atoms with Gasteiger partial charge < -0.3 is 4.90 Å². The van der Waals surface area contributed by atoms with Crippen molar-refractivity contribution < 1.29 is 4.79 Å². The van der Waals surface area contributed by atoms with E-state index in [-0.39, 0.29) is 5.91 Å². The van der Waals surface area contributed by atoms with Crippen LogP contribution in [0, 0.1) is 25.2 Å². The lowest BCUT2D eigenvalue weighted by Crippen LogP contribution is -2.31. The summed E-state index contributed by atoms with van der Waals surface area (Å²) < 4.78 is 0. The highest BCUT2D eigenvalue weighted by Gasteiger charge is 2.17. The summed E-state index contributed by atoms with van der Waals surface area (Å²) in [5.41, 5.74) is 3.72. The average Bonchev–Trinajstić information content (AvgIpc) is 2.51. The summed E-state index contributed by atoms with van der Waals surface area (Å²) in [7, 11) is 0. The van der Waals surface area contributed by atoms with Crippen LogP contribution in [0.3, 0.4) is 0 Å². The fourth-order valence-corrected chi connectivity index (χ4v) is 2.15. The monoisotopic (exact) mass is 278 g/mol. The smallest absolute Gasteiger partial charge is 0.258 e. The number of nitriles is 1. The molecule has 0 aliphatic heterocycles. The number of rotatable bonds is 4. The molecule has 1 amide bonds. The SMILES string of the molecule is Cc1ccc(C(=O)N(CCC#N)c2ccccc2)cc1C. The van der Waals surface area contributed by atoms with Gasteiger partial charge in [-0.2, -0.15) is 5.26 Å². The molecule has 0 saturated heterocycles. The minimum absolute atomic E-state index is 0.0699. The Bertz CT molecular complexity index is 671. The number of hydrogen-bond acceptors (Lipinski definition) is 2. The Morgan fingerprint density at radius 2 is 1.81 bits per heavy atom. The molecule has 0 heterocycles. The van der Waals surface area contributed by atoms with E-state index in [4.69, 9.17) is 5.26 Å². The molecule has 0 aromatic heterocycles. The molecule has 0 saturated carbocycles. The standard InChI is InChI=1S/C18H18N2O/c1-14-9-10-16(13-15(14)2)18(21)20(12-6-11-19)17-7-4-3-5-8-17/h3-5,7-10,13H,6,12H2,1-2H3. The maximum atomic E-state index is 12.7. The zero-order chi connectivity index (χ0) is 15.2. The second kappa shape index (κ2) is 6.71. The van der Waals surface area contributed by atoms with E-state index < -0.39 is 0 Å². The van der Waals surface area contributed by atoms with Crippen molar-refractivity contribution in [3.8, 4) is 6.07 Å². The fraction of sp³-hybridized carbons (Fsp3) is 0.222. The van der Waals surface area contributed by atoms with Crippen molar-refractivity contribution in [2.24, 2.45) is 0 Å². The lowest BCUT2D eigenvalue weighted by Gasteiger charge is -2.22. The molecule has 0 aliphatic rings. The third kappa shape index (κ3) is 3.49. The average molecular weight is 278 g/mol. The number of carbonyl (C=O) groups excluding carboxylic acids is 1. The molecule has 0 spiro atoms. The summed E-state index contributed by atoms with van der Waals surface area (Å²) in [4.78, 5) is 14.4. The molecule has 2 aromatic rings. The van der Waals surface area contributed by atoms with Gasteiger partial charge in [0, 0.05) is 17.8 Å². The predicted octanol–water partition coefficient (Wildman–Crippen LogP) is 3.86. The largest absolute Gasteiger partial charge is 0.307 e. The van der Waals surface area contributed by atoms with Crippen molar-refractivity contribution in [2.75, 3.05) is 11.4 Å². The van der Waals surface area contributed by atoms with Gasteiger partial charge in [-0.1, -0.05) is 24.3 Å². The van der Waals surface area contributed by atoms with Gasteiger partial charge in [-0.15, -0.1) is 0 Å². The first-order valence-corrected chi connectivity index (χ1v) is 6.94. The number of para-hydroxylation sites is 1. The van der Waals surface area contributed by atoms with Gasteiger partial charge in [-0.3, -0.25) is 4.79 Å². The van der Waals surface area contributed by atoms with E-state index in [9.17, 15) is 4.79 Å². The van der Waals surface area contributed by atoms with Gasteiger partial charge in [0.15, 0.2) is 0 Å². The number of benzene rings is 2. The molecule has 3 nitrogen and oxygen atoms in total. The third-order valence-corrected chi connectivity index (χ3v) is 3.51. The van der Waals surface area contributed by atoms with E-state index in [1.54, 1.807) is 4.90 Å². The second-order valence-corrected chi connectivity index (χ2v) is 5.00. The van der Waals surface area contributed by atoms with Crippen LogP contribution in [0.1, 0.15) is 27.9 Å². The van der Waals surface area contributed by atoms with E-state index in [1.807, 2.05) is 62.4 Å². The Balaban J connectivity index is 2.34. The molecule has 2 rings (SSSR count). The summed E-state index contributed by atoms with van der Waals surface area (Å²) >= 11 is 0. The van der Waals surface area contributed by atoms with Crippen LogP contribution in [0.4, 0.5) is 5.69 Å². The predicted molar refractivity (Wildman–Crippen MR) is 84.3 cm³/mol. The molecule has 0 aliphatic carbocycles. The first kappa shape index (κ1) is 14.8. The van der Waals surface area contributed by atoms with Gasteiger partial charge >= 0.3 is 0 Å². The molecule has 0 N–H and O–H groups in total. The van der Waals surface area contributed by atoms with Gasteiger partial charge in [0.2, 0.25) is 0 Å². The zero-order valence-corrected chi connectivity index (χ0v) is 12.3. The molecule has 106 valence electrons. The molecule has 0 unspecified atom stereocenters. The van der Waals surface area contributed by atoms with E-state index in [2.05, 4.69) is 6.07 Å². The van der Waals surface area contributed by atoms with Crippen molar-refractivity contribution in [1.82, 2.24) is 0 Å². The van der Waals surface area contributed by atoms with Crippen LogP contribution in [-0.2, 0) is 0 Å². The molecule has 2 aromatic carbocycles. The van der Waals surface area contributed by atoms with Crippen LogP contribution in [0.15, 0.2) is 48.5 Å². The van der Waals surface area contributed by atoms with Crippen molar-refractivity contribution >= 4 is 11.6 Å². The maximum Gasteiger partial charge on any atom is 0.258 e. The van der Waals surface area contributed by atoms with Crippen LogP contribution in [0.5, 0.6) is 0 Å². The Morgan fingerprint density at radius 1 is 1.10 bits per heavy atom. The third-order valence-electron chi connectivity index (χ3n) is 3.51. The molecule has 0 radical (unpaired) electrons. The summed E-state index contributed by atoms with van der Waals surface area (Å²) in [5.74, 6) is -0.0699. The Hall–Kier alpha value is -2.60. The normalized spacial score (nSPS) is 9.95. The molecular formula is C18H18N2O. The number of nitrogens with zero attached hydrogens (tertiary/aromatic N) is 2. The van der Waals surface area contributed by atoms with Gasteiger partial charge in [0.1, 0.15) is 0 Å². The summed E-state index contributed by atoms with van der Waals surface area (Å²) in [6, 6.07) is 17.3. The van der Waals surface area contributed by atoms with E-state index in [0.717, 1.165) is 16.8 Å². The maximum absolute atomic E-state index is 12.7. The highest BCUT2D eigenvalue weighted by Crippen LogP contribution is 2.19. The van der Waals surface area contributed by atoms with Gasteiger partial charge in [0.05, 0.1) is 12.5 Å². The number of anilines is 1. The van der Waals surface area contributed by atoms with Gasteiger partial charge in [0.25, 0.3) is 5.91 Å². The summed E-state index contributed by atoms with van der Waals surface area (Å²) in [6.07, 6.45) is 0.311. The number of hydrogen-bond donors (Lipinski definition) is 0. The van der Waals surface area contributed by atoms with Crippen molar-refractivity contribution in [3.63, 3.8) is 0 Å². The molecular weight excluding hydrogens is 260 g/mol. The number of amides is 1. The fourth-order valence-electron chi connectivity index (χ4n) is 2.15. The first-order valence-electron chi connectivity index (χ1n) is 6.94. The molecule has 0 atom stereocenters.